The van der Waals surface area contributed by atoms with Crippen molar-refractivity contribution >= 4 is 16.8 Å². The van der Waals surface area contributed by atoms with Gasteiger partial charge in [0.1, 0.15) is 5.75 Å². The maximum atomic E-state index is 13.4. The molecule has 158 valence electrons. The molecule has 1 fully saturated rings. The van der Waals surface area contributed by atoms with Crippen molar-refractivity contribution in [1.29, 1.82) is 0 Å². The molecule has 0 aliphatic carbocycles. The van der Waals surface area contributed by atoms with Gasteiger partial charge in [0.25, 0.3) is 5.91 Å². The minimum absolute atomic E-state index is 0.0787. The third kappa shape index (κ3) is 3.65. The van der Waals surface area contributed by atoms with Crippen LogP contribution in [-0.4, -0.2) is 39.1 Å². The number of H-pyrrole nitrogens is 2. The Morgan fingerprint density at radius 1 is 1.16 bits per heavy atom. The number of alkyl halides is 2. The number of carbonyl (C=O) groups is 1. The number of nitrogens with one attached hydrogen (secondary N) is 2. The van der Waals surface area contributed by atoms with Crippen molar-refractivity contribution in [1.82, 2.24) is 20.1 Å². The summed E-state index contributed by atoms with van der Waals surface area (Å²) in [6.07, 6.45) is 6.92. The van der Waals surface area contributed by atoms with Crippen molar-refractivity contribution in [3.8, 4) is 16.9 Å². The second kappa shape index (κ2) is 7.86. The maximum Gasteiger partial charge on any atom is 0.387 e. The number of rotatable bonds is 5. The van der Waals surface area contributed by atoms with Gasteiger partial charge in [0.2, 0.25) is 0 Å². The topological polar surface area (TPSA) is 74.0 Å². The second-order valence-corrected chi connectivity index (χ2v) is 7.56. The van der Waals surface area contributed by atoms with Gasteiger partial charge in [-0.2, -0.15) is 13.9 Å². The van der Waals surface area contributed by atoms with Crippen LogP contribution in [0.4, 0.5) is 8.78 Å². The first kappa shape index (κ1) is 19.3. The van der Waals surface area contributed by atoms with E-state index in [2.05, 4.69) is 19.9 Å². The lowest BCUT2D eigenvalue weighted by Crippen LogP contribution is -2.30. The van der Waals surface area contributed by atoms with Crippen LogP contribution in [0.15, 0.2) is 61.1 Å². The van der Waals surface area contributed by atoms with Gasteiger partial charge in [-0.05, 0) is 42.2 Å². The number of likely N-dealkylation sites (tertiary alicyclic amines) is 1. The van der Waals surface area contributed by atoms with Crippen molar-refractivity contribution in [2.75, 3.05) is 6.54 Å². The average molecular weight is 422 g/mol. The number of carbonyl (C=O) groups excluding carboxylic acids is 1. The third-order valence-corrected chi connectivity index (χ3v) is 5.73. The predicted octanol–water partition coefficient (Wildman–Crippen LogP) is 5.14. The summed E-state index contributed by atoms with van der Waals surface area (Å²) in [6.45, 7) is -2.27. The van der Waals surface area contributed by atoms with E-state index < -0.39 is 6.61 Å². The minimum atomic E-state index is -2.88. The van der Waals surface area contributed by atoms with Crippen molar-refractivity contribution in [2.45, 2.75) is 25.5 Å². The molecule has 2 aromatic carbocycles. The van der Waals surface area contributed by atoms with Crippen molar-refractivity contribution < 1.29 is 18.3 Å². The van der Waals surface area contributed by atoms with Crippen LogP contribution in [0, 0.1) is 0 Å². The zero-order chi connectivity index (χ0) is 21.4. The SMILES string of the molecule is O=C(c1c[nH]c2cc(-c3cn[nH]c3)ccc12)N1CCC[C@@H]1c1cccc(OC(F)F)c1. The molecule has 31 heavy (non-hydrogen) atoms. The zero-order valence-corrected chi connectivity index (χ0v) is 16.5. The fourth-order valence-corrected chi connectivity index (χ4v) is 4.30. The number of amides is 1. The van der Waals surface area contributed by atoms with E-state index in [1.54, 1.807) is 24.5 Å². The van der Waals surface area contributed by atoms with E-state index in [4.69, 9.17) is 0 Å². The Morgan fingerprint density at radius 3 is 2.87 bits per heavy atom. The van der Waals surface area contributed by atoms with Gasteiger partial charge in [0.15, 0.2) is 0 Å². The molecule has 6 nitrogen and oxygen atoms in total. The molecule has 1 aliphatic heterocycles. The van der Waals surface area contributed by atoms with E-state index in [1.165, 1.54) is 6.07 Å². The first-order chi connectivity index (χ1) is 15.1. The third-order valence-electron chi connectivity index (χ3n) is 5.73. The number of aromatic amines is 2. The van der Waals surface area contributed by atoms with E-state index in [1.807, 2.05) is 35.4 Å². The first-order valence-corrected chi connectivity index (χ1v) is 10.1. The molecule has 4 aromatic rings. The molecule has 0 bridgehead atoms. The molecular weight excluding hydrogens is 402 g/mol. The number of nitrogens with zero attached hydrogens (tertiary/aromatic N) is 2. The first-order valence-electron chi connectivity index (χ1n) is 10.1. The smallest absolute Gasteiger partial charge is 0.387 e. The van der Waals surface area contributed by atoms with Crippen molar-refractivity contribution in [2.24, 2.45) is 0 Å². The number of fused-ring (bicyclic) bond motifs is 1. The zero-order valence-electron chi connectivity index (χ0n) is 16.5. The highest BCUT2D eigenvalue weighted by Crippen LogP contribution is 2.36. The lowest BCUT2D eigenvalue weighted by molar-refractivity contribution is -0.0499. The monoisotopic (exact) mass is 422 g/mol. The van der Waals surface area contributed by atoms with Crippen LogP contribution >= 0.6 is 0 Å². The van der Waals surface area contributed by atoms with Gasteiger partial charge in [0, 0.05) is 35.4 Å². The second-order valence-electron chi connectivity index (χ2n) is 7.56. The van der Waals surface area contributed by atoms with E-state index in [9.17, 15) is 13.6 Å². The number of hydrogen-bond donors (Lipinski definition) is 2. The van der Waals surface area contributed by atoms with Crippen LogP contribution in [0.5, 0.6) is 5.75 Å². The fraction of sp³-hybridized carbons (Fsp3) is 0.217. The van der Waals surface area contributed by atoms with Crippen molar-refractivity contribution in [3.05, 3.63) is 72.2 Å². The van der Waals surface area contributed by atoms with Gasteiger partial charge in [-0.1, -0.05) is 24.3 Å². The number of hydrogen-bond acceptors (Lipinski definition) is 3. The standard InChI is InChI=1S/C23H20F2N4O2/c24-23(25)31-17-4-1-3-15(9-17)21-5-2-8-29(21)22(30)19-13-26-20-10-14(6-7-18(19)20)16-11-27-28-12-16/h1,3-4,6-7,9-13,21,23,26H,2,5,8H2,(H,27,28)/t21-/m1/s1. The Morgan fingerprint density at radius 2 is 2.06 bits per heavy atom. The highest BCUT2D eigenvalue weighted by atomic mass is 19.3. The molecule has 0 radical (unpaired) electrons. The van der Waals surface area contributed by atoms with E-state index in [0.29, 0.717) is 12.1 Å². The fourth-order valence-electron chi connectivity index (χ4n) is 4.30. The number of ether oxygens (including phenoxy) is 1. The average Bonchev–Trinajstić information content (AvgIpc) is 3.53. The van der Waals surface area contributed by atoms with Gasteiger partial charge in [-0.25, -0.2) is 0 Å². The molecule has 8 heteroatoms. The number of halogens is 2. The summed E-state index contributed by atoms with van der Waals surface area (Å²) in [5, 5.41) is 7.62. The van der Waals surface area contributed by atoms with E-state index in [-0.39, 0.29) is 17.7 Å². The summed E-state index contributed by atoms with van der Waals surface area (Å²) in [7, 11) is 0. The molecule has 1 amide bonds. The largest absolute Gasteiger partial charge is 0.435 e. The van der Waals surface area contributed by atoms with Crippen LogP contribution in [0.2, 0.25) is 0 Å². The lowest BCUT2D eigenvalue weighted by atomic mass is 10.0. The quantitative estimate of drug-likeness (QED) is 0.468. The number of benzene rings is 2. The highest BCUT2D eigenvalue weighted by molar-refractivity contribution is 6.07. The Kier molecular flexibility index (Phi) is 4.89. The Bertz CT molecular complexity index is 1220. The van der Waals surface area contributed by atoms with Crippen molar-refractivity contribution in [3.63, 3.8) is 0 Å². The van der Waals surface area contributed by atoms with Gasteiger partial charge in [-0.15, -0.1) is 0 Å². The van der Waals surface area contributed by atoms with Crippen LogP contribution in [0.25, 0.3) is 22.0 Å². The molecular formula is C23H20F2N4O2. The molecule has 5 rings (SSSR count). The van der Waals surface area contributed by atoms with Crippen LogP contribution < -0.4 is 4.74 Å². The summed E-state index contributed by atoms with van der Waals surface area (Å²) in [4.78, 5) is 18.4. The van der Waals surface area contributed by atoms with Gasteiger partial charge in [0.05, 0.1) is 17.8 Å². The maximum absolute atomic E-state index is 13.4. The summed E-state index contributed by atoms with van der Waals surface area (Å²) < 4.78 is 29.7. The highest BCUT2D eigenvalue weighted by Gasteiger charge is 2.32. The summed E-state index contributed by atoms with van der Waals surface area (Å²) in [5.74, 6) is 0.0238. The molecule has 0 spiro atoms. The molecule has 2 aromatic heterocycles. The van der Waals surface area contributed by atoms with Gasteiger partial charge >= 0.3 is 6.61 Å². The summed E-state index contributed by atoms with van der Waals surface area (Å²) >= 11 is 0. The minimum Gasteiger partial charge on any atom is -0.435 e. The van der Waals surface area contributed by atoms with Gasteiger partial charge in [-0.3, -0.25) is 9.89 Å². The lowest BCUT2D eigenvalue weighted by Gasteiger charge is -2.25. The Labute approximate surface area is 176 Å². The predicted molar refractivity (Wildman–Crippen MR) is 112 cm³/mol. The molecule has 1 atom stereocenters. The van der Waals surface area contributed by atoms with Crippen LogP contribution in [0.1, 0.15) is 34.8 Å². The normalized spacial score (nSPS) is 16.4. The Balaban J connectivity index is 1.43. The molecule has 1 aliphatic rings. The van der Waals surface area contributed by atoms with Crippen LogP contribution in [-0.2, 0) is 0 Å². The van der Waals surface area contributed by atoms with E-state index in [0.717, 1.165) is 40.4 Å². The molecule has 2 N–H and O–H groups in total. The molecule has 3 heterocycles. The van der Waals surface area contributed by atoms with E-state index >= 15 is 0 Å². The number of aromatic nitrogens is 3. The van der Waals surface area contributed by atoms with Crippen LogP contribution in [0.3, 0.4) is 0 Å². The molecule has 0 saturated carbocycles. The Hall–Kier alpha value is -3.68. The van der Waals surface area contributed by atoms with Gasteiger partial charge < -0.3 is 14.6 Å². The molecule has 0 unspecified atom stereocenters. The summed E-state index contributed by atoms with van der Waals surface area (Å²) in [5.41, 5.74) is 4.23. The molecule has 1 saturated heterocycles. The summed E-state index contributed by atoms with van der Waals surface area (Å²) in [6, 6.07) is 12.3.